The molecule has 0 spiro atoms. The number of ether oxygens (including phenoxy) is 1. The number of allylic oxidation sites excluding steroid dienone is 3. The molecule has 14 heteroatoms. The van der Waals surface area contributed by atoms with Crippen molar-refractivity contribution in [1.29, 1.82) is 0 Å². The summed E-state index contributed by atoms with van der Waals surface area (Å²) in [6.07, 6.45) is 2.76. The number of benzene rings is 1. The fourth-order valence-electron chi connectivity index (χ4n) is 4.30. The Morgan fingerprint density at radius 3 is 2.55 bits per heavy atom. The second-order valence-corrected chi connectivity index (χ2v) is 11.8. The van der Waals surface area contributed by atoms with E-state index in [9.17, 15) is 23.1 Å². The van der Waals surface area contributed by atoms with Gasteiger partial charge < -0.3 is 14.4 Å². The van der Waals surface area contributed by atoms with Crippen LogP contribution in [0, 0.1) is 24.2 Å². The molecule has 1 saturated heterocycles. The molecule has 0 bridgehead atoms. The van der Waals surface area contributed by atoms with Crippen LogP contribution in [0.15, 0.2) is 62.3 Å². The molecule has 1 atom stereocenters. The van der Waals surface area contributed by atoms with Crippen LogP contribution < -0.4 is 5.32 Å². The van der Waals surface area contributed by atoms with Crippen LogP contribution in [0.25, 0.3) is 0 Å². The molecule has 2 N–H and O–H groups in total. The SMILES string of the molecule is Cc1noc(C#CC2=CC3=NC(C4(C(=O)O)CN(S(C)(=O)=O)C4)=CC3=N2)c1NC(=O)OC(C)c1ccccc1Cl. The number of amides is 1. The molecule has 12 nitrogen and oxygen atoms in total. The number of aliphatic imine (C=N–C) groups is 2. The van der Waals surface area contributed by atoms with Gasteiger partial charge in [0.05, 0.1) is 23.4 Å². The third-order valence-electron chi connectivity index (χ3n) is 6.57. The fourth-order valence-corrected chi connectivity index (χ4v) is 5.50. The van der Waals surface area contributed by atoms with E-state index in [-0.39, 0.29) is 30.2 Å². The van der Waals surface area contributed by atoms with E-state index in [2.05, 4.69) is 32.3 Å². The number of fused-ring (bicyclic) bond motifs is 1. The van der Waals surface area contributed by atoms with E-state index in [0.29, 0.717) is 33.4 Å². The number of aliphatic carboxylic acids is 1. The normalized spacial score (nSPS) is 18.2. The number of rotatable bonds is 6. The van der Waals surface area contributed by atoms with Gasteiger partial charge in [-0.05, 0) is 37.8 Å². The van der Waals surface area contributed by atoms with Gasteiger partial charge in [0.15, 0.2) is 0 Å². The van der Waals surface area contributed by atoms with Crippen LogP contribution in [0.3, 0.4) is 0 Å². The summed E-state index contributed by atoms with van der Waals surface area (Å²) < 4.78 is 35.3. The highest BCUT2D eigenvalue weighted by Crippen LogP contribution is 2.42. The number of carbonyl (C=O) groups excluding carboxylic acids is 1. The van der Waals surface area contributed by atoms with Gasteiger partial charge in [0.2, 0.25) is 15.8 Å². The van der Waals surface area contributed by atoms with Gasteiger partial charge in [0.25, 0.3) is 0 Å². The summed E-state index contributed by atoms with van der Waals surface area (Å²) in [4.78, 5) is 33.3. The van der Waals surface area contributed by atoms with E-state index in [4.69, 9.17) is 20.9 Å². The van der Waals surface area contributed by atoms with Gasteiger partial charge in [-0.3, -0.25) is 10.1 Å². The maximum Gasteiger partial charge on any atom is 0.412 e. The van der Waals surface area contributed by atoms with Crippen molar-refractivity contribution in [3.63, 3.8) is 0 Å². The van der Waals surface area contributed by atoms with Crippen LogP contribution >= 0.6 is 11.6 Å². The Hall–Kier alpha value is -4.25. The predicted molar refractivity (Wildman–Crippen MR) is 146 cm³/mol. The summed E-state index contributed by atoms with van der Waals surface area (Å²) in [6.45, 7) is 2.92. The van der Waals surface area contributed by atoms with Crippen molar-refractivity contribution < 1.29 is 32.4 Å². The molecule has 3 aliphatic heterocycles. The minimum Gasteiger partial charge on any atom is -0.480 e. The van der Waals surface area contributed by atoms with E-state index < -0.39 is 33.6 Å². The van der Waals surface area contributed by atoms with Gasteiger partial charge in [0, 0.05) is 29.8 Å². The summed E-state index contributed by atoms with van der Waals surface area (Å²) in [5, 5.41) is 16.7. The zero-order valence-corrected chi connectivity index (χ0v) is 23.0. The molecule has 5 rings (SSSR count). The topological polar surface area (TPSA) is 164 Å². The Bertz CT molecular complexity index is 1740. The van der Waals surface area contributed by atoms with Gasteiger partial charge in [-0.15, -0.1) is 0 Å². The molecule has 3 aliphatic rings. The van der Waals surface area contributed by atoms with Crippen LogP contribution in [0.2, 0.25) is 5.02 Å². The average Bonchev–Trinajstić information content (AvgIpc) is 3.50. The van der Waals surface area contributed by atoms with Crippen LogP contribution in [-0.2, 0) is 19.6 Å². The van der Waals surface area contributed by atoms with Gasteiger partial charge in [-0.25, -0.2) is 23.2 Å². The Morgan fingerprint density at radius 2 is 1.90 bits per heavy atom. The Labute approximate surface area is 234 Å². The molecule has 1 aromatic heterocycles. The van der Waals surface area contributed by atoms with Crippen molar-refractivity contribution in [2.75, 3.05) is 24.7 Å². The lowest BCUT2D eigenvalue weighted by atomic mass is 9.78. The minimum absolute atomic E-state index is 0.0799. The first kappa shape index (κ1) is 27.3. The van der Waals surface area contributed by atoms with Crippen molar-refractivity contribution in [1.82, 2.24) is 9.46 Å². The van der Waals surface area contributed by atoms with Crippen molar-refractivity contribution in [3.05, 3.63) is 69.9 Å². The highest BCUT2D eigenvalue weighted by Gasteiger charge is 2.56. The van der Waals surface area contributed by atoms with Crippen LogP contribution in [0.4, 0.5) is 10.5 Å². The monoisotopic (exact) mass is 583 g/mol. The highest BCUT2D eigenvalue weighted by atomic mass is 35.5. The second kappa shape index (κ2) is 10.1. The number of halogens is 1. The lowest BCUT2D eigenvalue weighted by molar-refractivity contribution is -0.152. The number of nitrogens with zero attached hydrogens (tertiary/aromatic N) is 4. The van der Waals surface area contributed by atoms with Crippen molar-refractivity contribution in [3.8, 4) is 11.8 Å². The number of hydrogen-bond acceptors (Lipinski definition) is 9. The number of sulfonamides is 1. The standard InChI is InChI=1S/C26H22ClN5O7S/c1-14-23(30-25(35)38-15(2)17-6-4-5-7-18(17)27)21(39-31-14)9-8-16-10-19-20(28-16)11-22(29-19)26(24(33)34)12-32(13-26)40(3,36)37/h4-7,10-11,15H,12-13H2,1-3H3,(H,30,35)(H,33,34). The Kier molecular flexibility index (Phi) is 6.87. The maximum atomic E-state index is 12.5. The van der Waals surface area contributed by atoms with E-state index in [1.54, 1.807) is 44.2 Å². The second-order valence-electron chi connectivity index (χ2n) is 9.39. The minimum atomic E-state index is -3.51. The molecule has 1 fully saturated rings. The number of aryl methyl sites for hydroxylation is 1. The van der Waals surface area contributed by atoms with Gasteiger partial charge >= 0.3 is 12.1 Å². The first-order valence-electron chi connectivity index (χ1n) is 11.9. The van der Waals surface area contributed by atoms with Crippen LogP contribution in [-0.4, -0.2) is 65.8 Å². The number of hydrogen-bond donors (Lipinski definition) is 2. The highest BCUT2D eigenvalue weighted by molar-refractivity contribution is 7.88. The van der Waals surface area contributed by atoms with E-state index in [1.807, 2.05) is 0 Å². The van der Waals surface area contributed by atoms with Crippen molar-refractivity contribution >= 4 is 50.8 Å². The molecule has 0 saturated carbocycles. The Balaban J connectivity index is 1.28. The van der Waals surface area contributed by atoms with Crippen LogP contribution in [0.5, 0.6) is 0 Å². The third kappa shape index (κ3) is 5.04. The molecule has 0 aliphatic carbocycles. The van der Waals surface area contributed by atoms with Crippen molar-refractivity contribution in [2.24, 2.45) is 15.4 Å². The first-order valence-corrected chi connectivity index (χ1v) is 14.1. The van der Waals surface area contributed by atoms with Gasteiger partial charge in [-0.2, -0.15) is 4.31 Å². The lowest BCUT2D eigenvalue weighted by Gasteiger charge is -2.45. The molecule has 4 heterocycles. The summed E-state index contributed by atoms with van der Waals surface area (Å²) in [7, 11) is -3.51. The van der Waals surface area contributed by atoms with Crippen LogP contribution in [0.1, 0.15) is 30.0 Å². The molecular weight excluding hydrogens is 562 g/mol. The quantitative estimate of drug-likeness (QED) is 0.489. The molecule has 1 amide bonds. The number of carboxylic acids is 1. The number of carbonyl (C=O) groups is 2. The Morgan fingerprint density at radius 1 is 1.20 bits per heavy atom. The summed E-state index contributed by atoms with van der Waals surface area (Å²) >= 11 is 6.18. The largest absolute Gasteiger partial charge is 0.480 e. The molecule has 1 aromatic carbocycles. The number of carboxylic acid groups (broad SMARTS) is 1. The third-order valence-corrected chi connectivity index (χ3v) is 8.11. The molecule has 2 aromatic rings. The summed E-state index contributed by atoms with van der Waals surface area (Å²) in [5.41, 5.74) is 1.24. The smallest absolute Gasteiger partial charge is 0.412 e. The lowest BCUT2D eigenvalue weighted by Crippen LogP contribution is -2.62. The molecule has 206 valence electrons. The van der Waals surface area contributed by atoms with E-state index in [0.717, 1.165) is 10.6 Å². The zero-order valence-electron chi connectivity index (χ0n) is 21.4. The molecule has 1 unspecified atom stereocenters. The maximum absolute atomic E-state index is 12.5. The number of aromatic nitrogens is 1. The number of anilines is 1. The molecule has 0 radical (unpaired) electrons. The van der Waals surface area contributed by atoms with E-state index in [1.165, 1.54) is 6.08 Å². The fraction of sp³-hybridized carbons (Fsp3) is 0.269. The molecule has 40 heavy (non-hydrogen) atoms. The van der Waals surface area contributed by atoms with Crippen molar-refractivity contribution in [2.45, 2.75) is 20.0 Å². The predicted octanol–water partition coefficient (Wildman–Crippen LogP) is 3.32. The van der Waals surface area contributed by atoms with Gasteiger partial charge in [-0.1, -0.05) is 35.0 Å². The average molecular weight is 584 g/mol. The zero-order chi connectivity index (χ0) is 28.8. The first-order chi connectivity index (χ1) is 18.9. The van der Waals surface area contributed by atoms with E-state index >= 15 is 0 Å². The number of nitrogens with one attached hydrogen (secondary N) is 1. The van der Waals surface area contributed by atoms with Gasteiger partial charge in [0.1, 0.15) is 28.6 Å². The molecular formula is C26H22ClN5O7S. The summed E-state index contributed by atoms with van der Waals surface area (Å²) in [6, 6.07) is 7.03. The summed E-state index contributed by atoms with van der Waals surface area (Å²) in [5.74, 6) is 4.53.